The molecule has 0 bridgehead atoms. The van der Waals surface area contributed by atoms with E-state index < -0.39 is 0 Å². The first-order chi connectivity index (χ1) is 33.3. The molecule has 0 amide bonds. The Balaban J connectivity index is 0.000000119. The maximum atomic E-state index is 6.26. The molecule has 2 unspecified atom stereocenters. The average Bonchev–Trinajstić information content (AvgIpc) is 3.72. The fraction of sp³-hybridized carbons (Fsp3) is 0.339. The molecule has 68 heavy (non-hydrogen) atoms. The van der Waals surface area contributed by atoms with Crippen LogP contribution in [-0.4, -0.2) is 78.1 Å². The van der Waals surface area contributed by atoms with Gasteiger partial charge < -0.3 is 15.1 Å². The van der Waals surface area contributed by atoms with Crippen LogP contribution in [0.1, 0.15) is 105 Å². The quantitative estimate of drug-likeness (QED) is 0.175. The van der Waals surface area contributed by atoms with Crippen LogP contribution in [0.15, 0.2) is 138 Å². The molecule has 6 heterocycles. The largest absolute Gasteiger partial charge is 0.313 e. The number of likely N-dealkylation sites (N-methyl/N-ethyl adjacent to an activating group) is 1. The Hall–Kier alpha value is -4.92. The van der Waals surface area contributed by atoms with Gasteiger partial charge in [-0.15, -0.1) is 0 Å². The van der Waals surface area contributed by atoms with E-state index in [2.05, 4.69) is 114 Å². The van der Waals surface area contributed by atoms with Crippen LogP contribution in [0.2, 0.25) is 15.1 Å². The Morgan fingerprint density at radius 2 is 1.01 bits per heavy atom. The average molecular weight is 961 g/mol. The number of likely N-dealkylation sites (tertiary alicyclic amines) is 1. The SMILES string of the molecule is CN1CC=C(C2c3ccc(Cl)cc3CCc3cccnc32)CC1.CN1CCC(=C2c3ccc(Cl)cc3CCc3cccnc32)CC1.Clc1ccc2c(c1)CCc1cccnc1C2C1=CCNCC1. The Morgan fingerprint density at radius 1 is 0.500 bits per heavy atom. The molecule has 0 saturated carbocycles. The van der Waals surface area contributed by atoms with Crippen molar-refractivity contribution in [2.75, 3.05) is 53.4 Å². The summed E-state index contributed by atoms with van der Waals surface area (Å²) in [4.78, 5) is 19.1. The number of benzene rings is 3. The number of fused-ring (bicyclic) bond motifs is 6. The van der Waals surface area contributed by atoms with Gasteiger partial charge in [-0.3, -0.25) is 15.0 Å². The predicted octanol–water partition coefficient (Wildman–Crippen LogP) is 12.5. The zero-order valence-electron chi connectivity index (χ0n) is 39.4. The number of nitrogens with zero attached hydrogens (tertiary/aromatic N) is 5. The summed E-state index contributed by atoms with van der Waals surface area (Å²) in [6.07, 6.45) is 21.2. The molecule has 3 aromatic heterocycles. The minimum atomic E-state index is 0.285. The lowest BCUT2D eigenvalue weighted by Gasteiger charge is -2.28. The lowest BCUT2D eigenvalue weighted by molar-refractivity contribution is 0.313. The van der Waals surface area contributed by atoms with Gasteiger partial charge in [-0.1, -0.05) is 100 Å². The fourth-order valence-electron chi connectivity index (χ4n) is 11.3. The normalized spacial score (nSPS) is 20.0. The summed E-state index contributed by atoms with van der Waals surface area (Å²) in [6, 6.07) is 31.9. The van der Waals surface area contributed by atoms with Crippen LogP contribution in [0.3, 0.4) is 0 Å². The summed E-state index contributed by atoms with van der Waals surface area (Å²) in [5, 5.41) is 5.90. The predicted molar refractivity (Wildman–Crippen MR) is 281 cm³/mol. The van der Waals surface area contributed by atoms with Crippen LogP contribution in [-0.2, 0) is 38.5 Å². The number of rotatable bonds is 2. The summed E-state index contributed by atoms with van der Waals surface area (Å²) >= 11 is 18.7. The zero-order valence-corrected chi connectivity index (χ0v) is 41.7. The molecule has 0 radical (unpaired) electrons. The van der Waals surface area contributed by atoms with Gasteiger partial charge in [0.25, 0.3) is 0 Å². The van der Waals surface area contributed by atoms with E-state index in [0.29, 0.717) is 0 Å². The molecular weight excluding hydrogens is 899 g/mol. The number of aromatic nitrogens is 3. The zero-order chi connectivity index (χ0) is 46.6. The number of hydrogen-bond donors (Lipinski definition) is 1. The molecule has 1 fully saturated rings. The summed E-state index contributed by atoms with van der Waals surface area (Å²) in [5.41, 5.74) is 21.9. The van der Waals surface area contributed by atoms with Gasteiger partial charge in [-0.25, -0.2) is 0 Å². The molecule has 2 atom stereocenters. The van der Waals surface area contributed by atoms with Crippen LogP contribution in [0.25, 0.3) is 5.57 Å². The van der Waals surface area contributed by atoms with Gasteiger partial charge >= 0.3 is 0 Å². The smallest absolute Gasteiger partial charge is 0.0739 e. The van der Waals surface area contributed by atoms with Gasteiger partial charge in [-0.2, -0.15) is 0 Å². The molecule has 3 aliphatic carbocycles. The molecule has 12 rings (SSSR count). The number of pyridine rings is 3. The second kappa shape index (κ2) is 21.4. The molecule has 9 heteroatoms. The summed E-state index contributed by atoms with van der Waals surface area (Å²) < 4.78 is 0. The molecule has 1 saturated heterocycles. The third-order valence-corrected chi connectivity index (χ3v) is 15.6. The monoisotopic (exact) mass is 958 g/mol. The van der Waals surface area contributed by atoms with E-state index in [1.165, 1.54) is 83.9 Å². The highest BCUT2D eigenvalue weighted by atomic mass is 35.5. The standard InChI is InChI=1S/2C20H21ClN2.C19H19ClN2/c2*1-23-11-8-14(9-12-23)19-18-7-6-17(21)13-16(18)5-4-15-3-2-10-22-20(15)19;20-16-5-6-17-15(12-16)4-3-14-2-1-9-22-19(14)18(17)13-7-10-21-11-8-13/h2-3,6-7,10,13H,4-5,8-9,11-12H2,1H3;2-3,6-8,10,13,19H,4-5,9,11-12H2,1H3;1-2,5-7,9,12,18,21H,3-4,8,10-11H2. The third kappa shape index (κ3) is 10.3. The molecule has 1 N–H and O–H groups in total. The van der Waals surface area contributed by atoms with Crippen molar-refractivity contribution in [1.29, 1.82) is 0 Å². The molecular formula is C59H61Cl3N6. The topological polar surface area (TPSA) is 57.2 Å². The molecule has 6 nitrogen and oxygen atoms in total. The fourth-order valence-corrected chi connectivity index (χ4v) is 11.9. The number of aryl methyl sites for hydroxylation is 6. The maximum Gasteiger partial charge on any atom is 0.0739 e. The second-order valence-corrected chi connectivity index (χ2v) is 20.6. The van der Waals surface area contributed by atoms with Crippen molar-refractivity contribution in [3.05, 3.63) is 221 Å². The van der Waals surface area contributed by atoms with Crippen molar-refractivity contribution in [3.8, 4) is 0 Å². The van der Waals surface area contributed by atoms with Crippen LogP contribution in [0.4, 0.5) is 0 Å². The third-order valence-electron chi connectivity index (χ3n) is 14.9. The van der Waals surface area contributed by atoms with E-state index in [0.717, 1.165) is 119 Å². The number of nitrogens with one attached hydrogen (secondary N) is 1. The van der Waals surface area contributed by atoms with Crippen LogP contribution < -0.4 is 5.32 Å². The van der Waals surface area contributed by atoms with Gasteiger partial charge in [-0.05, 0) is 190 Å². The van der Waals surface area contributed by atoms with Crippen molar-refractivity contribution < 1.29 is 0 Å². The Bertz CT molecular complexity index is 2890. The number of hydrogen-bond acceptors (Lipinski definition) is 6. The Labute approximate surface area is 418 Å². The first kappa shape index (κ1) is 46.8. The molecule has 3 aromatic carbocycles. The van der Waals surface area contributed by atoms with Crippen molar-refractivity contribution >= 4 is 40.4 Å². The van der Waals surface area contributed by atoms with E-state index in [-0.39, 0.29) is 11.8 Å². The second-order valence-electron chi connectivity index (χ2n) is 19.3. The van der Waals surface area contributed by atoms with Crippen LogP contribution in [0, 0.1) is 0 Å². The highest BCUT2D eigenvalue weighted by molar-refractivity contribution is 6.31. The van der Waals surface area contributed by atoms with Crippen molar-refractivity contribution in [1.82, 2.24) is 30.1 Å². The van der Waals surface area contributed by atoms with Crippen molar-refractivity contribution in [2.24, 2.45) is 0 Å². The summed E-state index contributed by atoms with van der Waals surface area (Å²) in [6.45, 7) is 6.41. The van der Waals surface area contributed by atoms with Gasteiger partial charge in [0.15, 0.2) is 0 Å². The van der Waals surface area contributed by atoms with Crippen LogP contribution in [0.5, 0.6) is 0 Å². The van der Waals surface area contributed by atoms with Gasteiger partial charge in [0.05, 0.1) is 17.1 Å². The molecule has 3 aliphatic heterocycles. The van der Waals surface area contributed by atoms with Gasteiger partial charge in [0, 0.05) is 83.8 Å². The minimum absolute atomic E-state index is 0.285. The highest BCUT2D eigenvalue weighted by Crippen LogP contribution is 2.43. The van der Waals surface area contributed by atoms with E-state index >= 15 is 0 Å². The van der Waals surface area contributed by atoms with Crippen LogP contribution >= 0.6 is 34.8 Å². The van der Waals surface area contributed by atoms with E-state index in [4.69, 9.17) is 49.8 Å². The first-order valence-corrected chi connectivity index (χ1v) is 25.8. The molecule has 6 aliphatic rings. The lowest BCUT2D eigenvalue weighted by atomic mass is 9.82. The minimum Gasteiger partial charge on any atom is -0.313 e. The lowest BCUT2D eigenvalue weighted by Crippen LogP contribution is -2.27. The molecule has 348 valence electrons. The Morgan fingerprint density at radius 3 is 1.60 bits per heavy atom. The number of halogens is 3. The summed E-state index contributed by atoms with van der Waals surface area (Å²) in [7, 11) is 4.38. The van der Waals surface area contributed by atoms with E-state index in [1.54, 1.807) is 5.57 Å². The van der Waals surface area contributed by atoms with Crippen molar-refractivity contribution in [2.45, 2.75) is 76.0 Å². The Kier molecular flexibility index (Phi) is 14.7. The van der Waals surface area contributed by atoms with Gasteiger partial charge in [0.1, 0.15) is 0 Å². The maximum absolute atomic E-state index is 6.26. The van der Waals surface area contributed by atoms with E-state index in [1.807, 2.05) is 36.8 Å². The highest BCUT2D eigenvalue weighted by Gasteiger charge is 2.31. The number of piperidine rings is 1. The van der Waals surface area contributed by atoms with Gasteiger partial charge in [0.2, 0.25) is 0 Å². The first-order valence-electron chi connectivity index (χ1n) is 24.6. The summed E-state index contributed by atoms with van der Waals surface area (Å²) in [5.74, 6) is 0.572. The molecule has 0 spiro atoms. The van der Waals surface area contributed by atoms with Crippen molar-refractivity contribution in [3.63, 3.8) is 0 Å². The molecule has 6 aromatic rings. The van der Waals surface area contributed by atoms with E-state index in [9.17, 15) is 0 Å².